The van der Waals surface area contributed by atoms with Crippen LogP contribution in [0.3, 0.4) is 0 Å². The molecule has 0 saturated heterocycles. The zero-order chi connectivity index (χ0) is 17.8. The van der Waals surface area contributed by atoms with Gasteiger partial charge in [0.25, 0.3) is 5.69 Å². The maximum Gasteiger partial charge on any atom is 0.325 e. The summed E-state index contributed by atoms with van der Waals surface area (Å²) in [5.41, 5.74) is 0.593. The summed E-state index contributed by atoms with van der Waals surface area (Å²) in [5.74, 6) is -0.430. The number of halogens is 1. The zero-order valence-corrected chi connectivity index (χ0v) is 13.3. The van der Waals surface area contributed by atoms with E-state index >= 15 is 0 Å². The summed E-state index contributed by atoms with van der Waals surface area (Å²) >= 11 is 1.02. The van der Waals surface area contributed by atoms with Gasteiger partial charge in [-0.05, 0) is 24.3 Å². The highest BCUT2D eigenvalue weighted by Gasteiger charge is 2.13. The van der Waals surface area contributed by atoms with Crippen molar-refractivity contribution in [1.82, 2.24) is 10.2 Å². The van der Waals surface area contributed by atoms with Crippen LogP contribution >= 0.6 is 11.3 Å². The van der Waals surface area contributed by atoms with E-state index in [0.29, 0.717) is 16.3 Å². The Bertz CT molecular complexity index is 929. The van der Waals surface area contributed by atoms with Crippen LogP contribution in [0.5, 0.6) is 0 Å². The number of non-ortho nitro benzene ring substituents is 1. The highest BCUT2D eigenvalue weighted by Crippen LogP contribution is 2.28. The van der Waals surface area contributed by atoms with Crippen LogP contribution in [0.25, 0.3) is 10.6 Å². The van der Waals surface area contributed by atoms with Crippen LogP contribution in [0, 0.1) is 15.9 Å². The number of hydrogen-bond acceptors (Lipinski definition) is 6. The molecular weight excluding hydrogens is 349 g/mol. The van der Waals surface area contributed by atoms with E-state index in [1.165, 1.54) is 30.3 Å². The van der Waals surface area contributed by atoms with E-state index < -0.39 is 16.8 Å². The molecule has 0 atom stereocenters. The molecule has 2 amide bonds. The molecule has 0 radical (unpaired) electrons. The lowest BCUT2D eigenvalue weighted by atomic mass is 10.2. The number of aromatic nitrogens is 2. The Morgan fingerprint density at radius 1 is 1.08 bits per heavy atom. The lowest BCUT2D eigenvalue weighted by Gasteiger charge is -2.04. The second kappa shape index (κ2) is 7.01. The fraction of sp³-hybridized carbons (Fsp3) is 0. The molecule has 0 aliphatic rings. The Labute approximate surface area is 144 Å². The number of nitro benzene ring substituents is 1. The molecule has 2 aromatic carbocycles. The van der Waals surface area contributed by atoms with Crippen LogP contribution in [0.4, 0.5) is 25.7 Å². The highest BCUT2D eigenvalue weighted by atomic mass is 32.1. The molecule has 0 unspecified atom stereocenters. The molecule has 0 spiro atoms. The first-order chi connectivity index (χ1) is 12.0. The molecule has 0 aliphatic heterocycles. The number of nitro groups is 1. The quantitative estimate of drug-likeness (QED) is 0.542. The van der Waals surface area contributed by atoms with Crippen molar-refractivity contribution in [1.29, 1.82) is 0 Å². The number of anilines is 2. The minimum Gasteiger partial charge on any atom is -0.308 e. The van der Waals surface area contributed by atoms with E-state index in [-0.39, 0.29) is 10.8 Å². The van der Waals surface area contributed by atoms with Crippen LogP contribution in [-0.4, -0.2) is 21.2 Å². The molecule has 0 aliphatic carbocycles. The van der Waals surface area contributed by atoms with E-state index in [9.17, 15) is 19.3 Å². The van der Waals surface area contributed by atoms with E-state index in [1.54, 1.807) is 18.2 Å². The van der Waals surface area contributed by atoms with Crippen molar-refractivity contribution >= 4 is 33.9 Å². The first kappa shape index (κ1) is 16.5. The average Bonchev–Trinajstić information content (AvgIpc) is 3.03. The normalized spacial score (nSPS) is 10.3. The zero-order valence-electron chi connectivity index (χ0n) is 12.5. The molecule has 2 N–H and O–H groups in total. The molecule has 0 fully saturated rings. The second-order valence-electron chi connectivity index (χ2n) is 4.78. The lowest BCUT2D eigenvalue weighted by molar-refractivity contribution is -0.384. The average molecular weight is 359 g/mol. The van der Waals surface area contributed by atoms with Crippen LogP contribution in [0.15, 0.2) is 48.5 Å². The van der Waals surface area contributed by atoms with Gasteiger partial charge in [0.2, 0.25) is 5.13 Å². The third-order valence-electron chi connectivity index (χ3n) is 3.09. The summed E-state index contributed by atoms with van der Waals surface area (Å²) in [6.07, 6.45) is 0. The van der Waals surface area contributed by atoms with Crippen LogP contribution < -0.4 is 10.6 Å². The van der Waals surface area contributed by atoms with E-state index in [1.807, 2.05) is 0 Å². The Kier molecular flexibility index (Phi) is 4.61. The van der Waals surface area contributed by atoms with Crippen molar-refractivity contribution in [3.05, 3.63) is 64.5 Å². The van der Waals surface area contributed by atoms with Crippen molar-refractivity contribution in [2.75, 3.05) is 10.6 Å². The van der Waals surface area contributed by atoms with Crippen molar-refractivity contribution in [2.24, 2.45) is 0 Å². The van der Waals surface area contributed by atoms with Crippen LogP contribution in [0.1, 0.15) is 0 Å². The molecule has 0 bridgehead atoms. The number of benzene rings is 2. The largest absolute Gasteiger partial charge is 0.325 e. The van der Waals surface area contributed by atoms with Gasteiger partial charge in [0, 0.05) is 23.4 Å². The fourth-order valence-electron chi connectivity index (χ4n) is 1.94. The van der Waals surface area contributed by atoms with Gasteiger partial charge in [-0.2, -0.15) is 0 Å². The second-order valence-corrected chi connectivity index (χ2v) is 5.75. The first-order valence-electron chi connectivity index (χ1n) is 6.94. The van der Waals surface area contributed by atoms with E-state index in [0.717, 1.165) is 11.3 Å². The summed E-state index contributed by atoms with van der Waals surface area (Å²) < 4.78 is 13.7. The smallest absolute Gasteiger partial charge is 0.308 e. The van der Waals surface area contributed by atoms with Gasteiger partial charge >= 0.3 is 6.03 Å². The molecule has 10 heteroatoms. The molecule has 3 rings (SSSR count). The number of nitrogens with one attached hydrogen (secondary N) is 2. The van der Waals surface area contributed by atoms with Gasteiger partial charge in [0.05, 0.1) is 4.92 Å². The lowest BCUT2D eigenvalue weighted by Crippen LogP contribution is -2.19. The van der Waals surface area contributed by atoms with Gasteiger partial charge in [0.15, 0.2) is 5.01 Å². The van der Waals surface area contributed by atoms with Gasteiger partial charge < -0.3 is 5.32 Å². The minimum atomic E-state index is -0.593. The number of hydrogen-bond donors (Lipinski definition) is 2. The maximum atomic E-state index is 13.7. The summed E-state index contributed by atoms with van der Waals surface area (Å²) in [4.78, 5) is 22.0. The highest BCUT2D eigenvalue weighted by molar-refractivity contribution is 7.18. The van der Waals surface area contributed by atoms with Gasteiger partial charge in [0.1, 0.15) is 5.82 Å². The standard InChI is InChI=1S/C15H10FN5O3S/c16-12-4-2-1-3-11(12)13-19-20-15(25-13)18-14(22)17-9-5-7-10(8-6-9)21(23)24/h1-8H,(H2,17,18,20,22). The predicted molar refractivity (Wildman–Crippen MR) is 91.0 cm³/mol. The minimum absolute atomic E-state index is 0.0791. The number of carbonyl (C=O) groups is 1. The van der Waals surface area contributed by atoms with Gasteiger partial charge in [-0.25, -0.2) is 9.18 Å². The molecule has 3 aromatic rings. The van der Waals surface area contributed by atoms with Gasteiger partial charge in [-0.1, -0.05) is 23.5 Å². The summed E-state index contributed by atoms with van der Waals surface area (Å²) in [5, 5.41) is 23.7. The third kappa shape index (κ3) is 3.93. The Balaban J connectivity index is 1.66. The molecule has 1 heterocycles. The van der Waals surface area contributed by atoms with E-state index in [2.05, 4.69) is 20.8 Å². The molecule has 8 nitrogen and oxygen atoms in total. The number of nitrogens with zero attached hydrogens (tertiary/aromatic N) is 3. The van der Waals surface area contributed by atoms with Gasteiger partial charge in [-0.15, -0.1) is 10.2 Å². The summed E-state index contributed by atoms with van der Waals surface area (Å²) in [6.45, 7) is 0. The summed E-state index contributed by atoms with van der Waals surface area (Å²) in [7, 11) is 0. The van der Waals surface area contributed by atoms with Gasteiger partial charge in [-0.3, -0.25) is 15.4 Å². The number of urea groups is 1. The van der Waals surface area contributed by atoms with Crippen molar-refractivity contribution in [3.63, 3.8) is 0 Å². The van der Waals surface area contributed by atoms with Crippen LogP contribution in [0.2, 0.25) is 0 Å². The van der Waals surface area contributed by atoms with Crippen molar-refractivity contribution < 1.29 is 14.1 Å². The predicted octanol–water partition coefficient (Wildman–Crippen LogP) is 3.90. The summed E-state index contributed by atoms with van der Waals surface area (Å²) in [6, 6.07) is 10.9. The number of amides is 2. The SMILES string of the molecule is O=C(Nc1ccc([N+](=O)[O-])cc1)Nc1nnc(-c2ccccc2F)s1. The van der Waals surface area contributed by atoms with Crippen LogP contribution in [-0.2, 0) is 0 Å². The van der Waals surface area contributed by atoms with Crippen molar-refractivity contribution in [2.45, 2.75) is 0 Å². The van der Waals surface area contributed by atoms with Crippen molar-refractivity contribution in [3.8, 4) is 10.6 Å². The Morgan fingerprint density at radius 2 is 1.80 bits per heavy atom. The topological polar surface area (TPSA) is 110 Å². The molecular formula is C15H10FN5O3S. The first-order valence-corrected chi connectivity index (χ1v) is 7.75. The molecule has 1 aromatic heterocycles. The Morgan fingerprint density at radius 3 is 2.48 bits per heavy atom. The maximum absolute atomic E-state index is 13.7. The fourth-order valence-corrected chi connectivity index (χ4v) is 2.71. The number of rotatable bonds is 4. The molecule has 126 valence electrons. The Hall–Kier alpha value is -3.40. The number of carbonyl (C=O) groups excluding carboxylic acids is 1. The monoisotopic (exact) mass is 359 g/mol. The third-order valence-corrected chi connectivity index (χ3v) is 3.96. The van der Waals surface area contributed by atoms with E-state index in [4.69, 9.17) is 0 Å². The molecule has 0 saturated carbocycles. The molecule has 25 heavy (non-hydrogen) atoms.